The summed E-state index contributed by atoms with van der Waals surface area (Å²) in [6, 6.07) is 0.584. The minimum atomic E-state index is -3.01. The van der Waals surface area contributed by atoms with Gasteiger partial charge in [0.2, 0.25) is 11.7 Å². The van der Waals surface area contributed by atoms with Crippen LogP contribution in [-0.2, 0) is 19.2 Å². The van der Waals surface area contributed by atoms with Gasteiger partial charge in [-0.25, -0.2) is 0 Å². The van der Waals surface area contributed by atoms with Crippen molar-refractivity contribution < 1.29 is 44.7 Å². The van der Waals surface area contributed by atoms with Crippen LogP contribution in [-0.4, -0.2) is 91.7 Å². The van der Waals surface area contributed by atoms with Crippen LogP contribution in [0.25, 0.3) is 5.76 Å². The first-order valence-corrected chi connectivity index (χ1v) is 13.3. The standard InChI is InChI=1S/C28H36N4O9/c1-6-9(2)18(29)27(40)31-12-8-7-11-10(3)13-15(21(34)14(11)20(12)33)24(37)28(41)17(22(13)35)19(32(4)5)23(36)16(25(28)38)26(30)39/h7-10,13,17-19,22,33-35,38,41H,6,29H2,1-5H3,(H2,30,39)(H,31,40)/t9-,10-,13?,17+,18-,19-,22-,28-/m0/s1. The zero-order valence-corrected chi connectivity index (χ0v) is 23.4. The van der Waals surface area contributed by atoms with Gasteiger partial charge in [-0.1, -0.05) is 33.3 Å². The van der Waals surface area contributed by atoms with Crippen LogP contribution < -0.4 is 16.8 Å². The lowest BCUT2D eigenvalue weighted by Gasteiger charge is -2.53. The third-order valence-corrected chi connectivity index (χ3v) is 8.95. The Morgan fingerprint density at radius 3 is 2.32 bits per heavy atom. The molecule has 0 bridgehead atoms. The van der Waals surface area contributed by atoms with Crippen molar-refractivity contribution >= 4 is 34.8 Å². The number of anilines is 1. The van der Waals surface area contributed by atoms with Gasteiger partial charge in [-0.3, -0.25) is 24.1 Å². The Balaban J connectivity index is 1.92. The van der Waals surface area contributed by atoms with Crippen LogP contribution in [0.2, 0.25) is 0 Å². The number of amides is 2. The fourth-order valence-corrected chi connectivity index (χ4v) is 6.45. The largest absolute Gasteiger partial charge is 0.508 e. The fourth-order valence-electron chi connectivity index (χ4n) is 6.45. The number of nitrogens with one attached hydrogen (secondary N) is 1. The van der Waals surface area contributed by atoms with Crippen LogP contribution in [0.4, 0.5) is 5.69 Å². The maximum absolute atomic E-state index is 14.0. The molecule has 1 saturated carbocycles. The second-order valence-corrected chi connectivity index (χ2v) is 11.4. The van der Waals surface area contributed by atoms with E-state index in [1.54, 1.807) is 13.8 Å². The van der Waals surface area contributed by atoms with Crippen LogP contribution in [0.1, 0.15) is 44.2 Å². The zero-order valence-electron chi connectivity index (χ0n) is 23.4. The van der Waals surface area contributed by atoms with E-state index in [1.165, 1.54) is 31.1 Å². The first kappa shape index (κ1) is 30.2. The molecule has 222 valence electrons. The van der Waals surface area contributed by atoms with Gasteiger partial charge in [0.25, 0.3) is 5.91 Å². The number of aliphatic hydroxyl groups is 4. The van der Waals surface area contributed by atoms with Crippen LogP contribution >= 0.6 is 0 Å². The van der Waals surface area contributed by atoms with E-state index in [2.05, 4.69) is 5.32 Å². The summed E-state index contributed by atoms with van der Waals surface area (Å²) in [6.07, 6.45) is -1.06. The smallest absolute Gasteiger partial charge is 0.255 e. The monoisotopic (exact) mass is 572 g/mol. The number of likely N-dealkylation sites (N-methyl/N-ethyl adjacent to an activating group) is 1. The van der Waals surface area contributed by atoms with Crippen LogP contribution in [0.5, 0.6) is 5.75 Å². The molecular weight excluding hydrogens is 536 g/mol. The van der Waals surface area contributed by atoms with Crippen molar-refractivity contribution in [2.45, 2.75) is 56.9 Å². The maximum atomic E-state index is 14.0. The summed E-state index contributed by atoms with van der Waals surface area (Å²) in [5.74, 6) is -10.7. The number of ketones is 2. The van der Waals surface area contributed by atoms with Gasteiger partial charge in [-0.05, 0) is 37.6 Å². The average molecular weight is 573 g/mol. The van der Waals surface area contributed by atoms with Gasteiger partial charge in [0.05, 0.1) is 35.4 Å². The molecule has 13 heteroatoms. The van der Waals surface area contributed by atoms with Crippen LogP contribution in [0, 0.1) is 17.8 Å². The van der Waals surface area contributed by atoms with Gasteiger partial charge in [0.15, 0.2) is 11.4 Å². The van der Waals surface area contributed by atoms with Gasteiger partial charge < -0.3 is 42.3 Å². The molecule has 10 N–H and O–H groups in total. The number of phenols is 1. The second kappa shape index (κ2) is 10.2. The van der Waals surface area contributed by atoms with Crippen molar-refractivity contribution in [3.63, 3.8) is 0 Å². The normalized spacial score (nSPS) is 30.9. The molecule has 0 spiro atoms. The summed E-state index contributed by atoms with van der Waals surface area (Å²) < 4.78 is 0. The highest BCUT2D eigenvalue weighted by Gasteiger charge is 2.68. The highest BCUT2D eigenvalue weighted by Crippen LogP contribution is 2.56. The summed E-state index contributed by atoms with van der Waals surface area (Å²) in [7, 11) is 2.87. The summed E-state index contributed by atoms with van der Waals surface area (Å²) in [6.45, 7) is 5.28. The zero-order chi connectivity index (χ0) is 30.9. The number of carbonyl (C=O) groups is 4. The Morgan fingerprint density at radius 1 is 1.17 bits per heavy atom. The van der Waals surface area contributed by atoms with Crippen molar-refractivity contribution in [3.05, 3.63) is 40.2 Å². The quantitative estimate of drug-likeness (QED) is 0.164. The predicted octanol–water partition coefficient (Wildman–Crippen LogP) is -0.192. The lowest BCUT2D eigenvalue weighted by molar-refractivity contribution is -0.169. The van der Waals surface area contributed by atoms with E-state index in [1.807, 2.05) is 6.92 Å². The second-order valence-electron chi connectivity index (χ2n) is 11.4. The Labute approximate surface area is 236 Å². The highest BCUT2D eigenvalue weighted by atomic mass is 16.4. The van der Waals surface area contributed by atoms with E-state index in [-0.39, 0.29) is 17.2 Å². The predicted molar refractivity (Wildman–Crippen MR) is 146 cm³/mol. The van der Waals surface area contributed by atoms with Gasteiger partial charge in [-0.15, -0.1) is 0 Å². The van der Waals surface area contributed by atoms with E-state index in [0.29, 0.717) is 12.0 Å². The number of aromatic hydroxyl groups is 1. The number of primary amides is 1. The summed E-state index contributed by atoms with van der Waals surface area (Å²) in [4.78, 5) is 53.4. The number of hydrogen-bond acceptors (Lipinski definition) is 11. The topological polar surface area (TPSA) is 237 Å². The summed E-state index contributed by atoms with van der Waals surface area (Å²) >= 11 is 0. The van der Waals surface area contributed by atoms with E-state index in [4.69, 9.17) is 11.5 Å². The number of aliphatic hydroxyl groups excluding tert-OH is 3. The van der Waals surface area contributed by atoms with E-state index in [9.17, 15) is 44.7 Å². The molecule has 0 aliphatic heterocycles. The van der Waals surface area contributed by atoms with Gasteiger partial charge in [0.1, 0.15) is 22.8 Å². The number of fused-ring (bicyclic) bond motifs is 3. The Bertz CT molecular complexity index is 1420. The lowest BCUT2D eigenvalue weighted by Crippen LogP contribution is -2.70. The molecule has 41 heavy (non-hydrogen) atoms. The van der Waals surface area contributed by atoms with Crippen molar-refractivity contribution in [1.82, 2.24) is 4.90 Å². The molecule has 0 radical (unpaired) electrons. The number of phenolic OH excluding ortho intramolecular Hbond substituents is 1. The molecule has 3 aliphatic rings. The van der Waals surface area contributed by atoms with Crippen molar-refractivity contribution in [2.24, 2.45) is 29.2 Å². The number of Topliss-reactive ketones (excluding diaryl/α,β-unsaturated/α-hetero) is 2. The van der Waals surface area contributed by atoms with Crippen molar-refractivity contribution in [2.75, 3.05) is 19.4 Å². The third-order valence-electron chi connectivity index (χ3n) is 8.95. The molecule has 1 fully saturated rings. The number of rotatable bonds is 6. The molecule has 1 aromatic rings. The van der Waals surface area contributed by atoms with Gasteiger partial charge in [-0.2, -0.15) is 0 Å². The minimum Gasteiger partial charge on any atom is -0.508 e. The first-order chi connectivity index (χ1) is 19.0. The number of hydrogen-bond donors (Lipinski definition) is 8. The third kappa shape index (κ3) is 4.14. The molecule has 0 saturated heterocycles. The molecule has 1 aromatic carbocycles. The molecule has 13 nitrogen and oxygen atoms in total. The maximum Gasteiger partial charge on any atom is 0.255 e. The molecular formula is C28H36N4O9. The Hall–Kier alpha value is -3.78. The van der Waals surface area contributed by atoms with E-state index in [0.717, 1.165) is 0 Å². The Morgan fingerprint density at radius 2 is 1.78 bits per heavy atom. The summed E-state index contributed by atoms with van der Waals surface area (Å²) in [5.41, 5.74) is 6.80. The average Bonchev–Trinajstić information content (AvgIpc) is 2.90. The van der Waals surface area contributed by atoms with Crippen LogP contribution in [0.15, 0.2) is 29.0 Å². The SMILES string of the molecule is CC[C@H](C)[C@H](N)C(=O)Nc1ccc2c(c1O)C(O)=C1C(=O)[C@]3(O)C(O)=C(C(N)=O)C(=O)[C@@H](N(C)C)[C@@H]3[C@@H](O)C1[C@H]2C. The number of nitrogens with zero attached hydrogens (tertiary/aromatic N) is 1. The fraction of sp³-hybridized carbons (Fsp3) is 0.500. The molecule has 1 unspecified atom stereocenters. The van der Waals surface area contributed by atoms with E-state index >= 15 is 0 Å². The molecule has 0 aromatic heterocycles. The van der Waals surface area contributed by atoms with Gasteiger partial charge in [0, 0.05) is 11.5 Å². The van der Waals surface area contributed by atoms with Crippen molar-refractivity contribution in [1.29, 1.82) is 0 Å². The molecule has 4 rings (SSSR count). The Kier molecular flexibility index (Phi) is 7.54. The number of benzene rings is 1. The van der Waals surface area contributed by atoms with Gasteiger partial charge >= 0.3 is 0 Å². The highest BCUT2D eigenvalue weighted by molar-refractivity contribution is 6.24. The molecule has 0 heterocycles. The molecule has 2 amide bonds. The minimum absolute atomic E-state index is 0.0969. The first-order valence-electron chi connectivity index (χ1n) is 13.3. The number of nitrogens with two attached hydrogens (primary N) is 2. The summed E-state index contributed by atoms with van der Waals surface area (Å²) in [5, 5.41) is 59.4. The van der Waals surface area contributed by atoms with E-state index < -0.39 is 93.3 Å². The molecule has 8 atom stereocenters. The molecule has 3 aliphatic carbocycles. The number of carbonyl (C=O) groups excluding carboxylic acids is 4. The van der Waals surface area contributed by atoms with Crippen LogP contribution in [0.3, 0.4) is 0 Å². The lowest BCUT2D eigenvalue weighted by atomic mass is 9.54. The van der Waals surface area contributed by atoms with Crippen molar-refractivity contribution in [3.8, 4) is 5.75 Å².